The van der Waals surface area contributed by atoms with E-state index in [1.54, 1.807) is 12.7 Å². The molecule has 0 saturated carbocycles. The number of nitrogens with zero attached hydrogens (tertiary/aromatic N) is 1. The predicted molar refractivity (Wildman–Crippen MR) is 123 cm³/mol. The lowest BCUT2D eigenvalue weighted by atomic mass is 10.1. The Morgan fingerprint density at radius 3 is 2.78 bits per heavy atom. The molecule has 0 spiro atoms. The first-order valence-corrected chi connectivity index (χ1v) is 9.64. The van der Waals surface area contributed by atoms with Gasteiger partial charge in [-0.25, -0.2) is 4.99 Å². The number of allylic oxidation sites excluding steroid dienone is 1. The van der Waals surface area contributed by atoms with Crippen LogP contribution in [0.3, 0.4) is 0 Å². The van der Waals surface area contributed by atoms with Crippen LogP contribution in [-0.2, 0) is 11.3 Å². The van der Waals surface area contributed by atoms with Gasteiger partial charge in [-0.3, -0.25) is 0 Å². The van der Waals surface area contributed by atoms with Gasteiger partial charge in [-0.2, -0.15) is 0 Å². The van der Waals surface area contributed by atoms with Crippen molar-refractivity contribution >= 4 is 29.9 Å². The van der Waals surface area contributed by atoms with Crippen molar-refractivity contribution < 1.29 is 9.47 Å². The van der Waals surface area contributed by atoms with Gasteiger partial charge in [0.05, 0.1) is 13.2 Å². The van der Waals surface area contributed by atoms with Crippen LogP contribution in [0.5, 0.6) is 5.75 Å². The van der Waals surface area contributed by atoms with Gasteiger partial charge in [0.15, 0.2) is 5.96 Å². The second-order valence-electron chi connectivity index (χ2n) is 6.58. The number of benzene rings is 1. The maximum atomic E-state index is 5.86. The Morgan fingerprint density at radius 1 is 1.22 bits per heavy atom. The Balaban J connectivity index is 0.00000364. The summed E-state index contributed by atoms with van der Waals surface area (Å²) in [6.45, 7) is 7.63. The van der Waals surface area contributed by atoms with Gasteiger partial charge in [0.1, 0.15) is 12.4 Å². The summed E-state index contributed by atoms with van der Waals surface area (Å²) in [5.74, 6) is 1.74. The van der Waals surface area contributed by atoms with Gasteiger partial charge in [0.25, 0.3) is 0 Å². The summed E-state index contributed by atoms with van der Waals surface area (Å²) in [6.07, 6.45) is 7.27. The Kier molecular flexibility index (Phi) is 12.2. The van der Waals surface area contributed by atoms with Gasteiger partial charge in [-0.1, -0.05) is 23.8 Å². The smallest absolute Gasteiger partial charge is 0.191 e. The summed E-state index contributed by atoms with van der Waals surface area (Å²) in [5, 5.41) is 6.76. The fraction of sp³-hybridized carbons (Fsp3) is 0.571. The summed E-state index contributed by atoms with van der Waals surface area (Å²) >= 11 is 0. The quantitative estimate of drug-likeness (QED) is 0.171. The van der Waals surface area contributed by atoms with Gasteiger partial charge in [0.2, 0.25) is 0 Å². The number of aliphatic imine (C=N–C) groups is 1. The number of methoxy groups -OCH3 is 1. The lowest BCUT2D eigenvalue weighted by molar-refractivity contribution is 0.145. The minimum absolute atomic E-state index is 0. The zero-order chi connectivity index (χ0) is 18.6. The molecule has 0 bridgehead atoms. The number of nitrogens with one attached hydrogen (secondary N) is 2. The number of hydrogen-bond acceptors (Lipinski definition) is 3. The minimum Gasteiger partial charge on any atom is -0.491 e. The topological polar surface area (TPSA) is 54.9 Å². The van der Waals surface area contributed by atoms with E-state index in [0.29, 0.717) is 19.8 Å². The molecule has 0 heterocycles. The first kappa shape index (κ1) is 23.8. The van der Waals surface area contributed by atoms with Crippen molar-refractivity contribution in [2.24, 2.45) is 4.99 Å². The lowest BCUT2D eigenvalue weighted by Crippen LogP contribution is -2.37. The van der Waals surface area contributed by atoms with Crippen molar-refractivity contribution in [1.82, 2.24) is 10.6 Å². The monoisotopic (exact) mass is 487 g/mol. The zero-order valence-corrected chi connectivity index (χ0v) is 19.2. The summed E-state index contributed by atoms with van der Waals surface area (Å²) in [5.41, 5.74) is 3.84. The van der Waals surface area contributed by atoms with E-state index < -0.39 is 0 Å². The highest BCUT2D eigenvalue weighted by Gasteiger charge is 2.07. The maximum Gasteiger partial charge on any atom is 0.191 e. The molecule has 2 N–H and O–H groups in total. The van der Waals surface area contributed by atoms with Crippen molar-refractivity contribution in [2.75, 3.05) is 33.4 Å². The molecule has 0 amide bonds. The number of rotatable bonds is 10. The zero-order valence-electron chi connectivity index (χ0n) is 16.8. The van der Waals surface area contributed by atoms with Crippen LogP contribution in [0.25, 0.3) is 0 Å². The molecule has 1 aromatic rings. The van der Waals surface area contributed by atoms with Gasteiger partial charge in [-0.05, 0) is 51.2 Å². The molecule has 0 fully saturated rings. The molecular weight excluding hydrogens is 453 g/mol. The third kappa shape index (κ3) is 8.97. The fourth-order valence-corrected chi connectivity index (χ4v) is 2.97. The van der Waals surface area contributed by atoms with Crippen LogP contribution in [0, 0.1) is 6.92 Å². The summed E-state index contributed by atoms with van der Waals surface area (Å²) in [7, 11) is 1.68. The lowest BCUT2D eigenvalue weighted by Gasteiger charge is -2.14. The Bertz CT molecular complexity index is 617. The number of ether oxygens (including phenoxy) is 2. The molecule has 27 heavy (non-hydrogen) atoms. The van der Waals surface area contributed by atoms with Crippen molar-refractivity contribution in [2.45, 2.75) is 46.1 Å². The maximum absolute atomic E-state index is 5.86. The molecule has 2 rings (SSSR count). The second-order valence-corrected chi connectivity index (χ2v) is 6.58. The molecule has 0 unspecified atom stereocenters. The first-order valence-electron chi connectivity index (χ1n) is 9.64. The molecule has 0 aliphatic heterocycles. The molecule has 0 radical (unpaired) electrons. The van der Waals surface area contributed by atoms with Crippen molar-refractivity contribution in [1.29, 1.82) is 0 Å². The predicted octanol–water partition coefficient (Wildman–Crippen LogP) is 4.19. The van der Waals surface area contributed by atoms with Crippen LogP contribution in [-0.4, -0.2) is 39.4 Å². The van der Waals surface area contributed by atoms with E-state index in [1.807, 2.05) is 0 Å². The molecule has 0 saturated heterocycles. The summed E-state index contributed by atoms with van der Waals surface area (Å²) in [6, 6.07) is 6.25. The molecular formula is C21H34IN3O2. The van der Waals surface area contributed by atoms with E-state index in [-0.39, 0.29) is 24.0 Å². The number of halogens is 1. The first-order chi connectivity index (χ1) is 12.7. The average Bonchev–Trinajstić information content (AvgIpc) is 3.14. The van der Waals surface area contributed by atoms with Crippen molar-refractivity contribution in [3.8, 4) is 5.75 Å². The third-order valence-corrected chi connectivity index (χ3v) is 4.39. The SMILES string of the molecule is CCNC(=NCc1ccc(C)cc1OCCOC)NCCC1=CCCC1.I. The van der Waals surface area contributed by atoms with Crippen molar-refractivity contribution in [3.05, 3.63) is 41.0 Å². The van der Waals surface area contributed by atoms with Crippen LogP contribution in [0.4, 0.5) is 0 Å². The number of guanidine groups is 1. The Hall–Kier alpha value is -1.28. The van der Waals surface area contributed by atoms with Gasteiger partial charge in [-0.15, -0.1) is 24.0 Å². The Labute approximate surface area is 181 Å². The highest BCUT2D eigenvalue weighted by atomic mass is 127. The van der Waals surface area contributed by atoms with Crippen molar-refractivity contribution in [3.63, 3.8) is 0 Å². The molecule has 152 valence electrons. The summed E-state index contributed by atoms with van der Waals surface area (Å²) < 4.78 is 10.9. The number of aryl methyl sites for hydroxylation is 1. The van der Waals surface area contributed by atoms with E-state index >= 15 is 0 Å². The Morgan fingerprint density at radius 2 is 2.07 bits per heavy atom. The second kappa shape index (κ2) is 13.8. The molecule has 5 nitrogen and oxygen atoms in total. The third-order valence-electron chi connectivity index (χ3n) is 4.39. The van der Waals surface area contributed by atoms with E-state index in [2.05, 4.69) is 48.8 Å². The van der Waals surface area contributed by atoms with E-state index in [9.17, 15) is 0 Å². The van der Waals surface area contributed by atoms with Gasteiger partial charge >= 0.3 is 0 Å². The average molecular weight is 487 g/mol. The standard InChI is InChI=1S/C21H33N3O2.HI/c1-4-22-21(23-12-11-18-7-5-6-8-18)24-16-19-10-9-17(2)15-20(19)26-14-13-25-3;/h7,9-10,15H,4-6,8,11-14,16H2,1-3H3,(H2,22,23,24);1H. The van der Waals surface area contributed by atoms with E-state index in [0.717, 1.165) is 36.8 Å². The van der Waals surface area contributed by atoms with Crippen LogP contribution in [0.1, 0.15) is 43.7 Å². The molecule has 1 aliphatic carbocycles. The molecule has 0 aromatic heterocycles. The summed E-state index contributed by atoms with van der Waals surface area (Å²) in [4.78, 5) is 4.73. The molecule has 1 aromatic carbocycles. The molecule has 1 aliphatic rings. The van der Waals surface area contributed by atoms with E-state index in [4.69, 9.17) is 14.5 Å². The van der Waals surface area contributed by atoms with Crippen LogP contribution in [0.15, 0.2) is 34.8 Å². The van der Waals surface area contributed by atoms with Gasteiger partial charge < -0.3 is 20.1 Å². The fourth-order valence-electron chi connectivity index (χ4n) is 2.97. The van der Waals surface area contributed by atoms with Crippen LogP contribution >= 0.6 is 24.0 Å². The van der Waals surface area contributed by atoms with Crippen LogP contribution < -0.4 is 15.4 Å². The minimum atomic E-state index is 0. The highest BCUT2D eigenvalue weighted by molar-refractivity contribution is 14.0. The largest absolute Gasteiger partial charge is 0.491 e. The van der Waals surface area contributed by atoms with Crippen LogP contribution in [0.2, 0.25) is 0 Å². The molecule has 0 atom stereocenters. The van der Waals surface area contributed by atoms with Gasteiger partial charge in [0, 0.05) is 25.8 Å². The van der Waals surface area contributed by atoms with E-state index in [1.165, 1.54) is 24.8 Å². The molecule has 6 heteroatoms. The normalized spacial score (nSPS) is 13.7. The number of hydrogen-bond donors (Lipinski definition) is 2. The highest BCUT2D eigenvalue weighted by Crippen LogP contribution is 2.21.